The van der Waals surface area contributed by atoms with Gasteiger partial charge in [0.05, 0.1) is 17.9 Å². The van der Waals surface area contributed by atoms with E-state index in [9.17, 15) is 18.0 Å². The van der Waals surface area contributed by atoms with Crippen LogP contribution in [0.3, 0.4) is 0 Å². The Labute approximate surface area is 106 Å². The maximum absolute atomic E-state index is 12.6. The van der Waals surface area contributed by atoms with Crippen molar-refractivity contribution in [2.75, 3.05) is 12.3 Å². The summed E-state index contributed by atoms with van der Waals surface area (Å²) < 4.78 is 42.5. The number of halogens is 3. The van der Waals surface area contributed by atoms with Gasteiger partial charge in [-0.15, -0.1) is 0 Å². The second kappa shape index (κ2) is 4.49. The fourth-order valence-electron chi connectivity index (χ4n) is 1.75. The van der Waals surface area contributed by atoms with Crippen LogP contribution in [0.2, 0.25) is 0 Å². The third-order valence-corrected chi connectivity index (χ3v) is 2.65. The van der Waals surface area contributed by atoms with Crippen LogP contribution in [-0.2, 0) is 10.9 Å². The van der Waals surface area contributed by atoms with E-state index in [0.29, 0.717) is 5.52 Å². The highest BCUT2D eigenvalue weighted by atomic mass is 19.4. The topological polar surface area (TPSA) is 68.1 Å². The normalized spacial score (nSPS) is 11.8. The standard InChI is InChI=1S/C12H11F3N2O2/c1-2-19-11(18)10-9(16)7-5-6(12(13,14)15)3-4-8(7)17-10/h3-5,17H,2,16H2,1H3. The molecule has 2 aromatic rings. The van der Waals surface area contributed by atoms with Gasteiger partial charge in [0, 0.05) is 10.9 Å². The molecule has 0 bridgehead atoms. The zero-order valence-corrected chi connectivity index (χ0v) is 9.97. The second-order valence-corrected chi connectivity index (χ2v) is 3.89. The number of nitrogen functional groups attached to an aromatic ring is 1. The molecule has 7 heteroatoms. The number of carbonyl (C=O) groups is 1. The summed E-state index contributed by atoms with van der Waals surface area (Å²) in [4.78, 5) is 14.2. The first-order valence-corrected chi connectivity index (χ1v) is 5.50. The van der Waals surface area contributed by atoms with E-state index in [4.69, 9.17) is 10.5 Å². The molecule has 102 valence electrons. The molecule has 1 heterocycles. The van der Waals surface area contributed by atoms with Gasteiger partial charge < -0.3 is 15.5 Å². The van der Waals surface area contributed by atoms with Crippen LogP contribution in [0, 0.1) is 0 Å². The third-order valence-electron chi connectivity index (χ3n) is 2.65. The van der Waals surface area contributed by atoms with E-state index in [1.54, 1.807) is 6.92 Å². The molecule has 0 spiro atoms. The van der Waals surface area contributed by atoms with Gasteiger partial charge in [0.2, 0.25) is 0 Å². The molecule has 0 unspecified atom stereocenters. The number of alkyl halides is 3. The molecule has 0 aliphatic carbocycles. The van der Waals surface area contributed by atoms with Crippen molar-refractivity contribution in [3.05, 3.63) is 29.5 Å². The Morgan fingerprint density at radius 1 is 1.42 bits per heavy atom. The van der Waals surface area contributed by atoms with Gasteiger partial charge >= 0.3 is 12.1 Å². The number of benzene rings is 1. The van der Waals surface area contributed by atoms with Crippen LogP contribution < -0.4 is 5.73 Å². The maximum Gasteiger partial charge on any atom is 0.416 e. The van der Waals surface area contributed by atoms with E-state index in [0.717, 1.165) is 12.1 Å². The second-order valence-electron chi connectivity index (χ2n) is 3.89. The Morgan fingerprint density at radius 2 is 2.11 bits per heavy atom. The lowest BCUT2D eigenvalue weighted by Gasteiger charge is -2.06. The SMILES string of the molecule is CCOC(=O)c1[nH]c2ccc(C(F)(F)F)cc2c1N. The average molecular weight is 272 g/mol. The fourth-order valence-corrected chi connectivity index (χ4v) is 1.75. The van der Waals surface area contributed by atoms with Crippen molar-refractivity contribution in [2.45, 2.75) is 13.1 Å². The minimum absolute atomic E-state index is 0.0313. The molecule has 2 rings (SSSR count). The minimum atomic E-state index is -4.46. The lowest BCUT2D eigenvalue weighted by Crippen LogP contribution is -2.07. The number of aromatic amines is 1. The quantitative estimate of drug-likeness (QED) is 0.826. The summed E-state index contributed by atoms with van der Waals surface area (Å²) in [6.45, 7) is 1.78. The van der Waals surface area contributed by atoms with Gasteiger partial charge in [-0.25, -0.2) is 4.79 Å². The number of nitrogens with one attached hydrogen (secondary N) is 1. The highest BCUT2D eigenvalue weighted by Crippen LogP contribution is 2.34. The Balaban J connectivity index is 2.55. The molecular formula is C12H11F3N2O2. The van der Waals surface area contributed by atoms with Crippen LogP contribution in [0.5, 0.6) is 0 Å². The molecule has 0 fully saturated rings. The summed E-state index contributed by atoms with van der Waals surface area (Å²) in [6.07, 6.45) is -4.46. The molecule has 1 aromatic heterocycles. The number of aromatic nitrogens is 1. The van der Waals surface area contributed by atoms with Crippen molar-refractivity contribution in [2.24, 2.45) is 0 Å². The Bertz CT molecular complexity index is 632. The van der Waals surface area contributed by atoms with Gasteiger partial charge in [0.25, 0.3) is 0 Å². The van der Waals surface area contributed by atoms with E-state index in [1.165, 1.54) is 6.07 Å². The lowest BCUT2D eigenvalue weighted by atomic mass is 10.1. The van der Waals surface area contributed by atoms with Crippen LogP contribution in [0.4, 0.5) is 18.9 Å². The highest BCUT2D eigenvalue weighted by molar-refractivity contribution is 6.05. The van der Waals surface area contributed by atoms with Gasteiger partial charge in [-0.1, -0.05) is 0 Å². The first-order valence-electron chi connectivity index (χ1n) is 5.50. The summed E-state index contributed by atoms with van der Waals surface area (Å²) in [6, 6.07) is 3.06. The molecule has 19 heavy (non-hydrogen) atoms. The van der Waals surface area contributed by atoms with E-state index in [-0.39, 0.29) is 23.4 Å². The van der Waals surface area contributed by atoms with Crippen molar-refractivity contribution in [3.8, 4) is 0 Å². The molecule has 4 nitrogen and oxygen atoms in total. The fraction of sp³-hybridized carbons (Fsp3) is 0.250. The smallest absolute Gasteiger partial charge is 0.416 e. The van der Waals surface area contributed by atoms with Gasteiger partial charge in [0.15, 0.2) is 0 Å². The molecule has 0 radical (unpaired) electrons. The number of nitrogens with two attached hydrogens (primary N) is 1. The molecule has 1 aromatic carbocycles. The molecule has 0 aliphatic heterocycles. The molecule has 3 N–H and O–H groups in total. The largest absolute Gasteiger partial charge is 0.461 e. The number of fused-ring (bicyclic) bond motifs is 1. The average Bonchev–Trinajstić information content (AvgIpc) is 2.66. The Hall–Kier alpha value is -2.18. The summed E-state index contributed by atoms with van der Waals surface area (Å²) in [5, 5.41) is 0.151. The Morgan fingerprint density at radius 3 is 2.68 bits per heavy atom. The van der Waals surface area contributed by atoms with E-state index >= 15 is 0 Å². The zero-order valence-electron chi connectivity index (χ0n) is 9.97. The van der Waals surface area contributed by atoms with Crippen molar-refractivity contribution < 1.29 is 22.7 Å². The summed E-state index contributed by atoms with van der Waals surface area (Å²) in [5.41, 5.74) is 5.15. The van der Waals surface area contributed by atoms with Crippen molar-refractivity contribution in [1.82, 2.24) is 4.98 Å². The predicted octanol–water partition coefficient (Wildman–Crippen LogP) is 2.95. The summed E-state index contributed by atoms with van der Waals surface area (Å²) in [7, 11) is 0. The zero-order chi connectivity index (χ0) is 14.2. The number of hydrogen-bond donors (Lipinski definition) is 2. The van der Waals surface area contributed by atoms with Gasteiger partial charge in [-0.3, -0.25) is 0 Å². The monoisotopic (exact) mass is 272 g/mol. The minimum Gasteiger partial charge on any atom is -0.461 e. The van der Waals surface area contributed by atoms with Crippen LogP contribution in [0.25, 0.3) is 10.9 Å². The number of esters is 1. The van der Waals surface area contributed by atoms with Gasteiger partial charge in [0.1, 0.15) is 5.69 Å². The molecule has 0 saturated heterocycles. The van der Waals surface area contributed by atoms with Crippen molar-refractivity contribution in [1.29, 1.82) is 0 Å². The number of rotatable bonds is 2. The van der Waals surface area contributed by atoms with E-state index < -0.39 is 17.7 Å². The van der Waals surface area contributed by atoms with E-state index in [1.807, 2.05) is 0 Å². The Kier molecular flexibility index (Phi) is 3.13. The van der Waals surface area contributed by atoms with Crippen LogP contribution >= 0.6 is 0 Å². The lowest BCUT2D eigenvalue weighted by molar-refractivity contribution is -0.137. The summed E-state index contributed by atoms with van der Waals surface area (Å²) in [5.74, 6) is -0.690. The van der Waals surface area contributed by atoms with Crippen molar-refractivity contribution >= 4 is 22.6 Å². The number of hydrogen-bond acceptors (Lipinski definition) is 3. The van der Waals surface area contributed by atoms with E-state index in [2.05, 4.69) is 4.98 Å². The molecule has 0 amide bonds. The van der Waals surface area contributed by atoms with Gasteiger partial charge in [-0.2, -0.15) is 13.2 Å². The predicted molar refractivity (Wildman–Crippen MR) is 63.7 cm³/mol. The summed E-state index contributed by atoms with van der Waals surface area (Å²) >= 11 is 0. The molecule has 0 atom stereocenters. The number of H-pyrrole nitrogens is 1. The first-order chi connectivity index (χ1) is 8.84. The van der Waals surface area contributed by atoms with Crippen LogP contribution in [0.15, 0.2) is 18.2 Å². The molecular weight excluding hydrogens is 261 g/mol. The third kappa shape index (κ3) is 2.35. The maximum atomic E-state index is 12.6. The molecule has 0 aliphatic rings. The molecule has 0 saturated carbocycles. The van der Waals surface area contributed by atoms with Crippen LogP contribution in [-0.4, -0.2) is 17.6 Å². The van der Waals surface area contributed by atoms with Gasteiger partial charge in [-0.05, 0) is 25.1 Å². The van der Waals surface area contributed by atoms with Crippen molar-refractivity contribution in [3.63, 3.8) is 0 Å². The number of anilines is 1. The highest BCUT2D eigenvalue weighted by Gasteiger charge is 2.31. The number of ether oxygens (including phenoxy) is 1. The first kappa shape index (κ1) is 13.3. The number of carbonyl (C=O) groups excluding carboxylic acids is 1. The van der Waals surface area contributed by atoms with Crippen LogP contribution in [0.1, 0.15) is 23.0 Å².